The zero-order valence-electron chi connectivity index (χ0n) is 10.3. The second kappa shape index (κ2) is 6.29. The monoisotopic (exact) mass is 336 g/mol. The van der Waals surface area contributed by atoms with E-state index in [0.29, 0.717) is 19.0 Å². The number of alkyl halides is 3. The summed E-state index contributed by atoms with van der Waals surface area (Å²) < 4.78 is 37.6. The molecule has 0 N–H and O–H groups in total. The Hall–Kier alpha value is -1.21. The molecule has 0 radical (unpaired) electrons. The minimum Gasteiger partial charge on any atom is -0.306 e. The molecule has 0 aliphatic heterocycles. The predicted octanol–water partition coefficient (Wildman–Crippen LogP) is 3.01. The first kappa shape index (κ1) is 15.8. The van der Waals surface area contributed by atoms with Crippen LogP contribution in [0.25, 0.3) is 5.57 Å². The van der Waals surface area contributed by atoms with Crippen molar-refractivity contribution in [3.8, 4) is 0 Å². The highest BCUT2D eigenvalue weighted by Crippen LogP contribution is 2.32. The summed E-state index contributed by atoms with van der Waals surface area (Å²) in [4.78, 5) is 16.5. The molecule has 0 spiro atoms. The van der Waals surface area contributed by atoms with Crippen LogP contribution in [0, 0.1) is 0 Å². The summed E-state index contributed by atoms with van der Waals surface area (Å²) in [6.45, 7) is 0.489. The first-order chi connectivity index (χ1) is 8.75. The van der Waals surface area contributed by atoms with Crippen molar-refractivity contribution in [1.82, 2.24) is 9.88 Å². The lowest BCUT2D eigenvalue weighted by molar-refractivity contribution is -0.137. The van der Waals surface area contributed by atoms with Gasteiger partial charge >= 0.3 is 6.18 Å². The van der Waals surface area contributed by atoms with Crippen LogP contribution in [0.2, 0.25) is 0 Å². The number of hydrogen-bond donors (Lipinski definition) is 0. The van der Waals surface area contributed by atoms with Crippen LogP contribution < -0.4 is 0 Å². The number of likely N-dealkylation sites (N-methyl/N-ethyl adjacent to an activating group) is 1. The molecule has 0 unspecified atom stereocenters. The standard InChI is InChI=1S/C12H12BrF3N2O/c1-18(2)4-3-8(7-19)11-10(13)5-9(6-17-11)12(14,15)16/h3,5-7H,4H2,1-2H3. The van der Waals surface area contributed by atoms with Crippen LogP contribution in [0.3, 0.4) is 0 Å². The Morgan fingerprint density at radius 3 is 2.53 bits per heavy atom. The number of carbonyl (C=O) groups excluding carboxylic acids is 1. The van der Waals surface area contributed by atoms with Crippen LogP contribution in [-0.2, 0) is 11.0 Å². The molecule has 0 atom stereocenters. The molecular weight excluding hydrogens is 325 g/mol. The van der Waals surface area contributed by atoms with E-state index in [4.69, 9.17) is 0 Å². The number of aldehydes is 1. The van der Waals surface area contributed by atoms with Crippen molar-refractivity contribution >= 4 is 27.8 Å². The summed E-state index contributed by atoms with van der Waals surface area (Å²) in [5.74, 6) is 0. The lowest BCUT2D eigenvalue weighted by Gasteiger charge is -2.10. The zero-order chi connectivity index (χ0) is 14.6. The van der Waals surface area contributed by atoms with Gasteiger partial charge in [0.2, 0.25) is 0 Å². The third kappa shape index (κ3) is 4.43. The van der Waals surface area contributed by atoms with Crippen molar-refractivity contribution in [3.63, 3.8) is 0 Å². The summed E-state index contributed by atoms with van der Waals surface area (Å²) in [5.41, 5.74) is -0.417. The molecule has 1 aromatic heterocycles. The molecule has 0 saturated carbocycles. The van der Waals surface area contributed by atoms with E-state index >= 15 is 0 Å². The van der Waals surface area contributed by atoms with Crippen LogP contribution in [0.5, 0.6) is 0 Å². The van der Waals surface area contributed by atoms with E-state index in [9.17, 15) is 18.0 Å². The molecule has 1 heterocycles. The smallest absolute Gasteiger partial charge is 0.306 e. The van der Waals surface area contributed by atoms with Crippen molar-refractivity contribution in [2.45, 2.75) is 6.18 Å². The average molecular weight is 337 g/mol. The summed E-state index contributed by atoms with van der Waals surface area (Å²) in [5, 5.41) is 0. The normalized spacial score (nSPS) is 12.9. The molecule has 0 bridgehead atoms. The number of hydrogen-bond acceptors (Lipinski definition) is 3. The van der Waals surface area contributed by atoms with Crippen molar-refractivity contribution in [2.24, 2.45) is 0 Å². The SMILES string of the molecule is CN(C)CC=C(C=O)c1ncc(C(F)(F)F)cc1Br. The molecule has 1 rings (SSSR count). The van der Waals surface area contributed by atoms with Crippen LogP contribution in [0.4, 0.5) is 13.2 Å². The van der Waals surface area contributed by atoms with E-state index in [2.05, 4.69) is 20.9 Å². The fraction of sp³-hybridized carbons (Fsp3) is 0.333. The van der Waals surface area contributed by atoms with Crippen LogP contribution in [-0.4, -0.2) is 36.8 Å². The van der Waals surface area contributed by atoms with Gasteiger partial charge in [-0.15, -0.1) is 0 Å². The highest BCUT2D eigenvalue weighted by atomic mass is 79.9. The first-order valence-electron chi connectivity index (χ1n) is 5.29. The van der Waals surface area contributed by atoms with Gasteiger partial charge in [0.1, 0.15) is 0 Å². The van der Waals surface area contributed by atoms with Gasteiger partial charge in [-0.3, -0.25) is 9.78 Å². The summed E-state index contributed by atoms with van der Waals surface area (Å²) in [6, 6.07) is 0.912. The van der Waals surface area contributed by atoms with Gasteiger partial charge in [0.05, 0.1) is 11.3 Å². The molecule has 0 saturated heterocycles. The van der Waals surface area contributed by atoms with Crippen LogP contribution in [0.15, 0.2) is 22.8 Å². The van der Waals surface area contributed by atoms with Crippen molar-refractivity contribution in [2.75, 3.05) is 20.6 Å². The molecule has 0 amide bonds. The van der Waals surface area contributed by atoms with Gasteiger partial charge in [0.15, 0.2) is 6.29 Å². The molecule has 0 aliphatic rings. The van der Waals surface area contributed by atoms with Crippen molar-refractivity contribution < 1.29 is 18.0 Å². The molecule has 104 valence electrons. The fourth-order valence-corrected chi connectivity index (χ4v) is 1.86. The zero-order valence-corrected chi connectivity index (χ0v) is 11.9. The quantitative estimate of drug-likeness (QED) is 0.626. The number of nitrogens with zero attached hydrogens (tertiary/aromatic N) is 2. The Bertz CT molecular complexity index is 498. The van der Waals surface area contributed by atoms with E-state index in [1.165, 1.54) is 0 Å². The number of halogens is 4. The molecule has 0 fully saturated rings. The maximum atomic E-state index is 12.5. The van der Waals surface area contributed by atoms with E-state index in [0.717, 1.165) is 6.07 Å². The Morgan fingerprint density at radius 1 is 1.47 bits per heavy atom. The minimum atomic E-state index is -4.46. The molecule has 7 heteroatoms. The van der Waals surface area contributed by atoms with E-state index in [1.54, 1.807) is 6.08 Å². The Kier molecular flexibility index (Phi) is 5.25. The maximum Gasteiger partial charge on any atom is 0.417 e. The fourth-order valence-electron chi connectivity index (χ4n) is 1.29. The lowest BCUT2D eigenvalue weighted by Crippen LogP contribution is -2.12. The van der Waals surface area contributed by atoms with Gasteiger partial charge in [-0.1, -0.05) is 6.08 Å². The maximum absolute atomic E-state index is 12.5. The number of allylic oxidation sites excluding steroid dienone is 1. The van der Waals surface area contributed by atoms with Gasteiger partial charge in [0, 0.05) is 22.8 Å². The summed E-state index contributed by atoms with van der Waals surface area (Å²) in [7, 11) is 3.63. The van der Waals surface area contributed by atoms with Gasteiger partial charge in [0.25, 0.3) is 0 Å². The number of rotatable bonds is 4. The Balaban J connectivity index is 3.14. The molecule has 1 aromatic rings. The highest BCUT2D eigenvalue weighted by molar-refractivity contribution is 9.10. The first-order valence-corrected chi connectivity index (χ1v) is 6.08. The average Bonchev–Trinajstić information content (AvgIpc) is 2.29. The summed E-state index contributed by atoms with van der Waals surface area (Å²) in [6.07, 6.45) is -1.56. The number of aromatic nitrogens is 1. The van der Waals surface area contributed by atoms with E-state index in [-0.39, 0.29) is 15.7 Å². The van der Waals surface area contributed by atoms with E-state index in [1.807, 2.05) is 19.0 Å². The van der Waals surface area contributed by atoms with Crippen molar-refractivity contribution in [3.05, 3.63) is 34.1 Å². The molecule has 19 heavy (non-hydrogen) atoms. The van der Waals surface area contributed by atoms with Crippen molar-refractivity contribution in [1.29, 1.82) is 0 Å². The topological polar surface area (TPSA) is 33.2 Å². The third-order valence-electron chi connectivity index (χ3n) is 2.25. The molecule has 0 aliphatic carbocycles. The number of pyridine rings is 1. The third-order valence-corrected chi connectivity index (χ3v) is 2.85. The largest absolute Gasteiger partial charge is 0.417 e. The van der Waals surface area contributed by atoms with Crippen LogP contribution >= 0.6 is 15.9 Å². The van der Waals surface area contributed by atoms with Gasteiger partial charge < -0.3 is 4.90 Å². The molecular formula is C12H12BrF3N2O. The van der Waals surface area contributed by atoms with E-state index < -0.39 is 11.7 Å². The lowest BCUT2D eigenvalue weighted by atomic mass is 10.1. The van der Waals surface area contributed by atoms with Gasteiger partial charge in [-0.25, -0.2) is 0 Å². The van der Waals surface area contributed by atoms with Gasteiger partial charge in [-0.05, 0) is 36.1 Å². The van der Waals surface area contributed by atoms with Crippen LogP contribution in [0.1, 0.15) is 11.3 Å². The minimum absolute atomic E-state index is 0.138. The Labute approximate surface area is 117 Å². The summed E-state index contributed by atoms with van der Waals surface area (Å²) >= 11 is 3.01. The van der Waals surface area contributed by atoms with Gasteiger partial charge in [-0.2, -0.15) is 13.2 Å². The molecule has 3 nitrogen and oxygen atoms in total. The number of carbonyl (C=O) groups is 1. The second-order valence-electron chi connectivity index (χ2n) is 4.09. The highest BCUT2D eigenvalue weighted by Gasteiger charge is 2.31. The molecule has 0 aromatic carbocycles. The second-order valence-corrected chi connectivity index (χ2v) is 4.95. The predicted molar refractivity (Wildman–Crippen MR) is 69.5 cm³/mol. The Morgan fingerprint density at radius 2 is 2.11 bits per heavy atom.